The molecule has 0 saturated carbocycles. The number of likely N-dealkylation sites (tertiary alicyclic amines) is 1. The number of hydrogen-bond donors (Lipinski definition) is 1. The number of carbonyl (C=O) groups excluding carboxylic acids is 1. The minimum Gasteiger partial charge on any atom is -0.481 e. The zero-order valence-corrected chi connectivity index (χ0v) is 10.4. The number of carbonyl (C=O) groups is 2. The van der Waals surface area contributed by atoms with E-state index in [0.717, 1.165) is 12.0 Å². The molecule has 0 aromatic heterocycles. The van der Waals surface area contributed by atoms with E-state index in [1.807, 2.05) is 30.3 Å². The minimum atomic E-state index is -0.953. The molecule has 1 amide bonds. The van der Waals surface area contributed by atoms with Gasteiger partial charge in [-0.2, -0.15) is 0 Å². The molecule has 1 aliphatic heterocycles. The number of aliphatic carboxylic acids is 1. The van der Waals surface area contributed by atoms with Crippen LogP contribution in [0.4, 0.5) is 0 Å². The summed E-state index contributed by atoms with van der Waals surface area (Å²) in [6.45, 7) is 2.40. The van der Waals surface area contributed by atoms with Crippen molar-refractivity contribution in [3.63, 3.8) is 0 Å². The van der Waals surface area contributed by atoms with Crippen LogP contribution in [0.1, 0.15) is 25.3 Å². The van der Waals surface area contributed by atoms with Gasteiger partial charge in [-0.25, -0.2) is 0 Å². The average Bonchev–Trinajstić information content (AvgIpc) is 2.39. The molecule has 1 heterocycles. The topological polar surface area (TPSA) is 57.6 Å². The lowest BCUT2D eigenvalue weighted by Crippen LogP contribution is -2.52. The quantitative estimate of drug-likeness (QED) is 0.864. The molecule has 2 rings (SSSR count). The second-order valence-corrected chi connectivity index (χ2v) is 4.80. The van der Waals surface area contributed by atoms with Gasteiger partial charge in [0.05, 0.1) is 0 Å². The highest BCUT2D eigenvalue weighted by Gasteiger charge is 2.44. The van der Waals surface area contributed by atoms with E-state index in [1.165, 1.54) is 6.92 Å². The average molecular weight is 247 g/mol. The maximum Gasteiger partial charge on any atom is 0.315 e. The van der Waals surface area contributed by atoms with Crippen LogP contribution in [0.15, 0.2) is 30.3 Å². The van der Waals surface area contributed by atoms with Crippen molar-refractivity contribution < 1.29 is 14.7 Å². The molecule has 1 aliphatic rings. The molecule has 1 saturated heterocycles. The normalized spacial score (nSPS) is 23.7. The molecule has 1 atom stereocenters. The lowest BCUT2D eigenvalue weighted by Gasteiger charge is -2.39. The van der Waals surface area contributed by atoms with Crippen molar-refractivity contribution in [1.29, 1.82) is 0 Å². The van der Waals surface area contributed by atoms with E-state index < -0.39 is 11.4 Å². The van der Waals surface area contributed by atoms with Gasteiger partial charge in [-0.15, -0.1) is 0 Å². The second kappa shape index (κ2) is 4.80. The summed E-state index contributed by atoms with van der Waals surface area (Å²) in [6.07, 6.45) is 1.30. The lowest BCUT2D eigenvalue weighted by molar-refractivity contribution is -0.148. The van der Waals surface area contributed by atoms with E-state index in [2.05, 4.69) is 0 Å². The van der Waals surface area contributed by atoms with Crippen molar-refractivity contribution in [2.24, 2.45) is 0 Å². The molecule has 1 aromatic carbocycles. The van der Waals surface area contributed by atoms with Gasteiger partial charge >= 0.3 is 5.97 Å². The van der Waals surface area contributed by atoms with Crippen molar-refractivity contribution in [3.8, 4) is 0 Å². The van der Waals surface area contributed by atoms with E-state index in [4.69, 9.17) is 0 Å². The number of benzene rings is 1. The Labute approximate surface area is 106 Å². The Morgan fingerprint density at radius 3 is 2.50 bits per heavy atom. The molecule has 96 valence electrons. The van der Waals surface area contributed by atoms with Crippen LogP contribution >= 0.6 is 0 Å². The summed E-state index contributed by atoms with van der Waals surface area (Å²) in [5.74, 6) is -0.907. The number of rotatable bonds is 2. The molecule has 0 spiro atoms. The summed E-state index contributed by atoms with van der Waals surface area (Å²) < 4.78 is 0. The monoisotopic (exact) mass is 247 g/mol. The Morgan fingerprint density at radius 2 is 1.94 bits per heavy atom. The van der Waals surface area contributed by atoms with E-state index in [1.54, 1.807) is 4.90 Å². The Kier molecular flexibility index (Phi) is 3.36. The third-order valence-electron chi connectivity index (χ3n) is 3.67. The Morgan fingerprint density at radius 1 is 1.28 bits per heavy atom. The van der Waals surface area contributed by atoms with Crippen molar-refractivity contribution in [2.75, 3.05) is 13.1 Å². The molecule has 0 bridgehead atoms. The van der Waals surface area contributed by atoms with Gasteiger partial charge in [-0.3, -0.25) is 9.59 Å². The number of nitrogens with zero attached hydrogens (tertiary/aromatic N) is 1. The fourth-order valence-electron chi connectivity index (χ4n) is 2.62. The van der Waals surface area contributed by atoms with Crippen LogP contribution in [0.2, 0.25) is 0 Å². The summed E-state index contributed by atoms with van der Waals surface area (Å²) in [4.78, 5) is 24.8. The van der Waals surface area contributed by atoms with Crippen molar-refractivity contribution in [3.05, 3.63) is 35.9 Å². The van der Waals surface area contributed by atoms with Gasteiger partial charge in [0.25, 0.3) is 0 Å². The molecule has 1 fully saturated rings. The fraction of sp³-hybridized carbons (Fsp3) is 0.429. The zero-order valence-electron chi connectivity index (χ0n) is 10.4. The van der Waals surface area contributed by atoms with Gasteiger partial charge in [0.2, 0.25) is 5.91 Å². The first-order valence-corrected chi connectivity index (χ1v) is 6.11. The summed E-state index contributed by atoms with van der Waals surface area (Å²) in [5, 5.41) is 9.60. The molecule has 4 heteroatoms. The van der Waals surface area contributed by atoms with Crippen LogP contribution in [-0.2, 0) is 15.0 Å². The van der Waals surface area contributed by atoms with Crippen molar-refractivity contribution >= 4 is 11.9 Å². The van der Waals surface area contributed by atoms with Crippen LogP contribution < -0.4 is 0 Å². The van der Waals surface area contributed by atoms with Gasteiger partial charge in [0, 0.05) is 20.0 Å². The Hall–Kier alpha value is -1.84. The van der Waals surface area contributed by atoms with Crippen LogP contribution in [0.5, 0.6) is 0 Å². The number of piperidine rings is 1. The minimum absolute atomic E-state index is 0.0590. The van der Waals surface area contributed by atoms with Gasteiger partial charge in [0.15, 0.2) is 0 Å². The predicted molar refractivity (Wildman–Crippen MR) is 67.2 cm³/mol. The third-order valence-corrected chi connectivity index (χ3v) is 3.67. The molecular weight excluding hydrogens is 230 g/mol. The standard InChI is InChI=1S/C14H17NO3/c1-11(16)15-9-5-8-14(10-15,13(17)18)12-6-3-2-4-7-12/h2-4,6-7H,5,8-10H2,1H3,(H,17,18). The Bertz CT molecular complexity index is 457. The van der Waals surface area contributed by atoms with Crippen LogP contribution in [0, 0.1) is 0 Å². The zero-order chi connectivity index (χ0) is 13.2. The Balaban J connectivity index is 2.39. The lowest BCUT2D eigenvalue weighted by atomic mass is 9.74. The summed E-state index contributed by atoms with van der Waals surface area (Å²) >= 11 is 0. The molecule has 4 nitrogen and oxygen atoms in total. The van der Waals surface area contributed by atoms with Gasteiger partial charge in [-0.05, 0) is 18.4 Å². The van der Waals surface area contributed by atoms with E-state index >= 15 is 0 Å². The summed E-state index contributed by atoms with van der Waals surface area (Å²) in [5.41, 5.74) is -0.172. The largest absolute Gasteiger partial charge is 0.481 e. The van der Waals surface area contributed by atoms with Gasteiger partial charge < -0.3 is 10.0 Å². The smallest absolute Gasteiger partial charge is 0.315 e. The van der Waals surface area contributed by atoms with E-state index in [-0.39, 0.29) is 12.5 Å². The predicted octanol–water partition coefficient (Wildman–Crippen LogP) is 1.65. The molecule has 0 aliphatic carbocycles. The molecule has 18 heavy (non-hydrogen) atoms. The first kappa shape index (κ1) is 12.6. The van der Waals surface area contributed by atoms with Crippen LogP contribution in [0.3, 0.4) is 0 Å². The van der Waals surface area contributed by atoms with Crippen molar-refractivity contribution in [1.82, 2.24) is 4.90 Å². The van der Waals surface area contributed by atoms with E-state index in [9.17, 15) is 14.7 Å². The first-order valence-electron chi connectivity index (χ1n) is 6.11. The van der Waals surface area contributed by atoms with Crippen molar-refractivity contribution in [2.45, 2.75) is 25.2 Å². The summed E-state index contributed by atoms with van der Waals surface area (Å²) in [7, 11) is 0. The maximum absolute atomic E-state index is 11.7. The van der Waals surface area contributed by atoms with Gasteiger partial charge in [-0.1, -0.05) is 30.3 Å². The molecular formula is C14H17NO3. The molecule has 0 radical (unpaired) electrons. The molecule has 1 unspecified atom stereocenters. The third kappa shape index (κ3) is 2.10. The molecule has 1 aromatic rings. The first-order chi connectivity index (χ1) is 8.56. The highest BCUT2D eigenvalue weighted by molar-refractivity contribution is 5.83. The fourth-order valence-corrected chi connectivity index (χ4v) is 2.62. The number of carboxylic acids is 1. The SMILES string of the molecule is CC(=O)N1CCCC(C(=O)O)(c2ccccc2)C1. The molecule has 1 N–H and O–H groups in total. The maximum atomic E-state index is 11.7. The summed E-state index contributed by atoms with van der Waals surface area (Å²) in [6, 6.07) is 9.21. The highest BCUT2D eigenvalue weighted by atomic mass is 16.4. The van der Waals surface area contributed by atoms with Crippen LogP contribution in [0.25, 0.3) is 0 Å². The number of hydrogen-bond acceptors (Lipinski definition) is 2. The number of amides is 1. The number of carboxylic acid groups (broad SMARTS) is 1. The van der Waals surface area contributed by atoms with Gasteiger partial charge in [0.1, 0.15) is 5.41 Å². The second-order valence-electron chi connectivity index (χ2n) is 4.80. The van der Waals surface area contributed by atoms with E-state index in [0.29, 0.717) is 13.0 Å². The van der Waals surface area contributed by atoms with Crippen LogP contribution in [-0.4, -0.2) is 35.0 Å². The highest BCUT2D eigenvalue weighted by Crippen LogP contribution is 2.34.